The van der Waals surface area contributed by atoms with Crippen molar-refractivity contribution >= 4 is 11.7 Å². The van der Waals surface area contributed by atoms with Gasteiger partial charge in [-0.1, -0.05) is 13.8 Å². The third-order valence-electron chi connectivity index (χ3n) is 7.02. The van der Waals surface area contributed by atoms with Gasteiger partial charge in [0.05, 0.1) is 23.8 Å². The van der Waals surface area contributed by atoms with Crippen LogP contribution in [-0.2, 0) is 10.9 Å². The monoisotopic (exact) mass is 466 g/mol. The van der Waals surface area contributed by atoms with E-state index in [-0.39, 0.29) is 22.9 Å². The molecule has 2 amide bonds. The lowest BCUT2D eigenvalue weighted by Crippen LogP contribution is -2.50. The Kier molecular flexibility index (Phi) is 7.78. The van der Waals surface area contributed by atoms with Crippen molar-refractivity contribution in [3.63, 3.8) is 0 Å². The minimum Gasteiger partial charge on any atom is -0.384 e. The number of hydrogen-bond acceptors (Lipinski definition) is 4. The lowest BCUT2D eigenvalue weighted by molar-refractivity contribution is -0.137. The van der Waals surface area contributed by atoms with Gasteiger partial charge in [-0.2, -0.15) is 18.4 Å². The van der Waals surface area contributed by atoms with Crippen molar-refractivity contribution in [2.75, 3.05) is 51.3 Å². The lowest BCUT2D eigenvalue weighted by atomic mass is 9.71. The molecule has 2 aliphatic rings. The molecule has 1 N–H and O–H groups in total. The van der Waals surface area contributed by atoms with Crippen LogP contribution in [0, 0.1) is 28.6 Å². The van der Waals surface area contributed by atoms with Crippen LogP contribution in [0.15, 0.2) is 18.2 Å². The van der Waals surface area contributed by atoms with Crippen LogP contribution in [0.1, 0.15) is 44.2 Å². The van der Waals surface area contributed by atoms with Crippen LogP contribution in [-0.4, -0.2) is 57.4 Å². The topological polar surface area (TPSA) is 68.6 Å². The molecule has 1 spiro atoms. The van der Waals surface area contributed by atoms with E-state index < -0.39 is 11.7 Å². The molecular formula is C24H33F3N4O2. The molecule has 0 aliphatic carbocycles. The van der Waals surface area contributed by atoms with Crippen molar-refractivity contribution in [1.82, 2.24) is 10.2 Å². The highest BCUT2D eigenvalue weighted by molar-refractivity contribution is 5.74. The second-order valence-electron chi connectivity index (χ2n) is 9.64. The molecule has 2 aliphatic heterocycles. The van der Waals surface area contributed by atoms with E-state index in [2.05, 4.69) is 19.2 Å². The van der Waals surface area contributed by atoms with Crippen LogP contribution < -0.4 is 10.2 Å². The second-order valence-corrected chi connectivity index (χ2v) is 9.64. The molecule has 9 heteroatoms. The molecule has 0 radical (unpaired) electrons. The number of ether oxygens (including phenoxy) is 1. The Bertz CT molecular complexity index is 873. The maximum Gasteiger partial charge on any atom is 0.417 e. The van der Waals surface area contributed by atoms with Gasteiger partial charge in [-0.3, -0.25) is 0 Å². The van der Waals surface area contributed by atoms with Gasteiger partial charge in [-0.25, -0.2) is 4.79 Å². The molecule has 1 unspecified atom stereocenters. The first-order valence-electron chi connectivity index (χ1n) is 11.5. The molecule has 0 aromatic heterocycles. The number of rotatable bonds is 6. The lowest BCUT2D eigenvalue weighted by Gasteiger charge is -2.42. The summed E-state index contributed by atoms with van der Waals surface area (Å²) in [4.78, 5) is 16.3. The maximum absolute atomic E-state index is 13.5. The standard InChI is InChI=1S/C24H33F3N4O2/c1-17(2)6-9-29-22(32)30-10-7-23(8-11-30)16-31(14-19(23)15-33-3)20-5-4-18(13-28)21(12-20)24(25,26)27/h4-5,12,17,19H,6-11,14-16H2,1-3H3,(H,29,32). The minimum absolute atomic E-state index is 0.0504. The molecule has 1 aromatic carbocycles. The number of halogens is 3. The first-order chi connectivity index (χ1) is 15.6. The normalized spacial score (nSPS) is 20.4. The van der Waals surface area contributed by atoms with E-state index in [1.807, 2.05) is 9.80 Å². The zero-order valence-corrected chi connectivity index (χ0v) is 19.5. The summed E-state index contributed by atoms with van der Waals surface area (Å²) in [5.74, 6) is 0.674. The van der Waals surface area contributed by atoms with E-state index in [4.69, 9.17) is 10.00 Å². The molecule has 0 saturated carbocycles. The number of amides is 2. The van der Waals surface area contributed by atoms with E-state index in [0.717, 1.165) is 25.3 Å². The van der Waals surface area contributed by atoms with Gasteiger partial charge in [-0.05, 0) is 48.8 Å². The fraction of sp³-hybridized carbons (Fsp3) is 0.667. The fourth-order valence-electron chi connectivity index (χ4n) is 5.02. The summed E-state index contributed by atoms with van der Waals surface area (Å²) < 4.78 is 45.9. The molecule has 182 valence electrons. The number of urea groups is 1. The summed E-state index contributed by atoms with van der Waals surface area (Å²) in [6.07, 6.45) is -2.10. The number of methoxy groups -OCH3 is 1. The smallest absolute Gasteiger partial charge is 0.384 e. The largest absolute Gasteiger partial charge is 0.417 e. The third kappa shape index (κ3) is 5.72. The van der Waals surface area contributed by atoms with Gasteiger partial charge in [-0.15, -0.1) is 0 Å². The Morgan fingerprint density at radius 1 is 1.33 bits per heavy atom. The third-order valence-corrected chi connectivity index (χ3v) is 7.02. The quantitative estimate of drug-likeness (QED) is 0.671. The van der Waals surface area contributed by atoms with Crippen LogP contribution in [0.4, 0.5) is 23.7 Å². The summed E-state index contributed by atoms with van der Waals surface area (Å²) in [6.45, 7) is 7.81. The zero-order chi connectivity index (χ0) is 24.2. The average molecular weight is 467 g/mol. The van der Waals surface area contributed by atoms with Gasteiger partial charge >= 0.3 is 12.2 Å². The van der Waals surface area contributed by atoms with E-state index in [9.17, 15) is 18.0 Å². The van der Waals surface area contributed by atoms with Gasteiger partial charge in [0, 0.05) is 51.4 Å². The number of nitriles is 1. The second kappa shape index (κ2) is 10.2. The van der Waals surface area contributed by atoms with Crippen LogP contribution in [0.2, 0.25) is 0 Å². The summed E-state index contributed by atoms with van der Waals surface area (Å²) in [7, 11) is 1.64. The number of carbonyl (C=O) groups excluding carboxylic acids is 1. The van der Waals surface area contributed by atoms with Gasteiger partial charge in [0.15, 0.2) is 0 Å². The van der Waals surface area contributed by atoms with Gasteiger partial charge in [0.2, 0.25) is 0 Å². The van der Waals surface area contributed by atoms with Crippen molar-refractivity contribution in [2.45, 2.75) is 39.3 Å². The van der Waals surface area contributed by atoms with Crippen molar-refractivity contribution in [2.24, 2.45) is 17.3 Å². The SMILES string of the molecule is COCC1CN(c2ccc(C#N)c(C(F)(F)F)c2)CC12CCN(C(=O)NCCC(C)C)CC2. The first kappa shape index (κ1) is 25.2. The number of nitrogens with one attached hydrogen (secondary N) is 1. The predicted molar refractivity (Wildman–Crippen MR) is 120 cm³/mol. The molecule has 1 atom stereocenters. The molecule has 0 bridgehead atoms. The minimum atomic E-state index is -4.58. The molecule has 2 saturated heterocycles. The number of carbonyl (C=O) groups is 1. The Balaban J connectivity index is 1.72. The molecule has 2 heterocycles. The molecule has 6 nitrogen and oxygen atoms in total. The van der Waals surface area contributed by atoms with Crippen LogP contribution in [0.3, 0.4) is 0 Å². The summed E-state index contributed by atoms with van der Waals surface area (Å²) >= 11 is 0. The first-order valence-corrected chi connectivity index (χ1v) is 11.5. The highest BCUT2D eigenvalue weighted by Gasteiger charge is 2.48. The van der Waals surface area contributed by atoms with Crippen LogP contribution in [0.5, 0.6) is 0 Å². The van der Waals surface area contributed by atoms with Crippen molar-refractivity contribution in [3.8, 4) is 6.07 Å². The number of hydrogen-bond donors (Lipinski definition) is 1. The van der Waals surface area contributed by atoms with E-state index in [1.54, 1.807) is 19.2 Å². The number of likely N-dealkylation sites (tertiary alicyclic amines) is 1. The van der Waals surface area contributed by atoms with Crippen molar-refractivity contribution in [1.29, 1.82) is 5.26 Å². The Morgan fingerprint density at radius 2 is 2.03 bits per heavy atom. The van der Waals surface area contributed by atoms with Crippen LogP contribution >= 0.6 is 0 Å². The highest BCUT2D eigenvalue weighted by atomic mass is 19.4. The Labute approximate surface area is 193 Å². The molecule has 2 fully saturated rings. The molecule has 33 heavy (non-hydrogen) atoms. The summed E-state index contributed by atoms with van der Waals surface area (Å²) in [5.41, 5.74) is -0.935. The van der Waals surface area contributed by atoms with E-state index in [0.29, 0.717) is 50.9 Å². The predicted octanol–water partition coefficient (Wildman–Crippen LogP) is 4.50. The van der Waals surface area contributed by atoms with Crippen LogP contribution in [0.25, 0.3) is 0 Å². The van der Waals surface area contributed by atoms with Gasteiger partial charge in [0.1, 0.15) is 0 Å². The molecule has 3 rings (SSSR count). The van der Waals surface area contributed by atoms with E-state index in [1.165, 1.54) is 6.07 Å². The average Bonchev–Trinajstić information content (AvgIpc) is 3.10. The molecular weight excluding hydrogens is 433 g/mol. The number of alkyl halides is 3. The highest BCUT2D eigenvalue weighted by Crippen LogP contribution is 2.47. The number of anilines is 1. The van der Waals surface area contributed by atoms with E-state index >= 15 is 0 Å². The maximum atomic E-state index is 13.5. The number of benzene rings is 1. The summed E-state index contributed by atoms with van der Waals surface area (Å²) in [6, 6.07) is 5.51. The molecule has 1 aromatic rings. The summed E-state index contributed by atoms with van der Waals surface area (Å²) in [5, 5.41) is 12.1. The zero-order valence-electron chi connectivity index (χ0n) is 19.5. The fourth-order valence-corrected chi connectivity index (χ4v) is 5.02. The van der Waals surface area contributed by atoms with Gasteiger partial charge < -0.3 is 19.9 Å². The van der Waals surface area contributed by atoms with Crippen molar-refractivity contribution < 1.29 is 22.7 Å². The Morgan fingerprint density at radius 3 is 2.61 bits per heavy atom. The Hall–Kier alpha value is -2.47. The number of piperidine rings is 1. The van der Waals surface area contributed by atoms with Gasteiger partial charge in [0.25, 0.3) is 0 Å². The number of nitrogens with zero attached hydrogens (tertiary/aromatic N) is 3. The van der Waals surface area contributed by atoms with Crippen molar-refractivity contribution in [3.05, 3.63) is 29.3 Å².